The van der Waals surface area contributed by atoms with Crippen LogP contribution in [0.15, 0.2) is 92.0 Å². The van der Waals surface area contributed by atoms with E-state index in [9.17, 15) is 19.2 Å². The highest BCUT2D eigenvalue weighted by atomic mass is 16.2. The number of rotatable bonds is 4. The zero-order valence-corrected chi connectivity index (χ0v) is 17.6. The third kappa shape index (κ3) is 2.80. The Hall–Kier alpha value is -4.06. The summed E-state index contributed by atoms with van der Waals surface area (Å²) in [4.78, 5) is 52.6. The van der Waals surface area contributed by atoms with Crippen molar-refractivity contribution in [2.24, 2.45) is 0 Å². The summed E-state index contributed by atoms with van der Waals surface area (Å²) in [5.74, 6) is 0. The second kappa shape index (κ2) is 7.27. The van der Waals surface area contributed by atoms with Gasteiger partial charge in [0.05, 0.1) is 33.6 Å². The Labute approximate surface area is 182 Å². The van der Waals surface area contributed by atoms with E-state index in [0.29, 0.717) is 0 Å². The summed E-state index contributed by atoms with van der Waals surface area (Å²) in [6, 6.07) is 20.4. The predicted octanol–water partition coefficient (Wildman–Crippen LogP) is 3.13. The molecule has 0 N–H and O–H groups in total. The average molecular weight is 424 g/mol. The molecule has 0 bridgehead atoms. The maximum atomic E-state index is 13.1. The van der Waals surface area contributed by atoms with Gasteiger partial charge in [0.25, 0.3) is 22.2 Å². The zero-order chi connectivity index (χ0) is 22.6. The fourth-order valence-corrected chi connectivity index (χ4v) is 4.48. The quantitative estimate of drug-likeness (QED) is 0.444. The summed E-state index contributed by atoms with van der Waals surface area (Å²) in [5.41, 5.74) is -0.190. The Balaban J connectivity index is 1.75. The Morgan fingerprint density at radius 1 is 0.500 bits per heavy atom. The van der Waals surface area contributed by atoms with E-state index in [1.54, 1.807) is 13.8 Å². The molecule has 0 aliphatic carbocycles. The normalized spacial score (nSPS) is 13.6. The van der Waals surface area contributed by atoms with E-state index in [0.717, 1.165) is 11.1 Å². The largest absolute Gasteiger partial charge is 0.269 e. The van der Waals surface area contributed by atoms with Gasteiger partial charge in [0.1, 0.15) is 0 Å². The Morgan fingerprint density at radius 3 is 1.06 bits per heavy atom. The minimum Gasteiger partial charge on any atom is -0.269 e. The molecule has 0 saturated heterocycles. The van der Waals surface area contributed by atoms with E-state index < -0.39 is 34.3 Å². The lowest BCUT2D eigenvalue weighted by molar-refractivity contribution is 0.609. The van der Waals surface area contributed by atoms with Crippen LogP contribution in [0.25, 0.3) is 21.5 Å². The van der Waals surface area contributed by atoms with Gasteiger partial charge < -0.3 is 0 Å². The van der Waals surface area contributed by atoms with Crippen LogP contribution in [0.1, 0.15) is 37.1 Å². The van der Waals surface area contributed by atoms with E-state index in [-0.39, 0.29) is 21.5 Å². The molecule has 32 heavy (non-hydrogen) atoms. The number of benzene rings is 3. The van der Waals surface area contributed by atoms with Crippen LogP contribution < -0.4 is 22.2 Å². The average Bonchev–Trinajstić information content (AvgIpc) is 3.22. The molecule has 2 heterocycles. The van der Waals surface area contributed by atoms with Gasteiger partial charge in [0, 0.05) is 0 Å². The first kappa shape index (κ1) is 19.9. The van der Waals surface area contributed by atoms with Crippen LogP contribution >= 0.6 is 0 Å². The highest BCUT2D eigenvalue weighted by Gasteiger charge is 2.24. The van der Waals surface area contributed by atoms with Crippen molar-refractivity contribution >= 4 is 21.5 Å². The van der Waals surface area contributed by atoms with Crippen molar-refractivity contribution in [3.8, 4) is 0 Å². The van der Waals surface area contributed by atoms with Crippen LogP contribution in [0.5, 0.6) is 0 Å². The maximum Gasteiger partial charge on any atom is 0.262 e. The molecule has 0 saturated carbocycles. The van der Waals surface area contributed by atoms with Crippen LogP contribution in [-0.4, -0.2) is 9.13 Å². The molecule has 0 spiro atoms. The first-order chi connectivity index (χ1) is 15.4. The molecule has 2 atom stereocenters. The SMILES string of the molecule is CC(c1ccccc1)n1c(=O)c2cc3c(=O)n(C(C)c4ccccc4)c(=O)c3cc2c1=O. The fourth-order valence-electron chi connectivity index (χ4n) is 4.48. The minimum absolute atomic E-state index is 0.159. The number of nitrogens with zero attached hydrogens (tertiary/aromatic N) is 2. The molecule has 6 nitrogen and oxygen atoms in total. The van der Waals surface area contributed by atoms with Crippen LogP contribution in [-0.2, 0) is 0 Å². The van der Waals surface area contributed by atoms with E-state index in [2.05, 4.69) is 0 Å². The Kier molecular flexibility index (Phi) is 4.51. The van der Waals surface area contributed by atoms with E-state index in [4.69, 9.17) is 0 Å². The number of fused-ring (bicyclic) bond motifs is 2. The second-order valence-corrected chi connectivity index (χ2v) is 8.08. The molecule has 0 fully saturated rings. The lowest BCUT2D eigenvalue weighted by Gasteiger charge is -2.11. The summed E-state index contributed by atoms with van der Waals surface area (Å²) in [7, 11) is 0. The van der Waals surface area contributed by atoms with Gasteiger partial charge in [0.2, 0.25) is 0 Å². The molecule has 3 aromatic carbocycles. The van der Waals surface area contributed by atoms with Crippen LogP contribution in [0.3, 0.4) is 0 Å². The predicted molar refractivity (Wildman–Crippen MR) is 125 cm³/mol. The highest BCUT2D eigenvalue weighted by Crippen LogP contribution is 2.21. The van der Waals surface area contributed by atoms with Crippen molar-refractivity contribution in [1.82, 2.24) is 9.13 Å². The molecule has 2 aromatic heterocycles. The van der Waals surface area contributed by atoms with Gasteiger partial charge in [-0.2, -0.15) is 0 Å². The Morgan fingerprint density at radius 2 is 0.781 bits per heavy atom. The molecule has 158 valence electrons. The maximum absolute atomic E-state index is 13.1. The monoisotopic (exact) mass is 424 g/mol. The summed E-state index contributed by atoms with van der Waals surface area (Å²) >= 11 is 0. The zero-order valence-electron chi connectivity index (χ0n) is 17.6. The molecule has 0 amide bonds. The molecule has 2 unspecified atom stereocenters. The second-order valence-electron chi connectivity index (χ2n) is 8.08. The smallest absolute Gasteiger partial charge is 0.262 e. The molecule has 0 radical (unpaired) electrons. The van der Waals surface area contributed by atoms with Gasteiger partial charge in [-0.15, -0.1) is 0 Å². The first-order valence-electron chi connectivity index (χ1n) is 10.4. The molecule has 0 aliphatic heterocycles. The topological polar surface area (TPSA) is 78.1 Å². The Bertz CT molecular complexity index is 1470. The van der Waals surface area contributed by atoms with Gasteiger partial charge in [0.15, 0.2) is 0 Å². The van der Waals surface area contributed by atoms with Gasteiger partial charge in [-0.1, -0.05) is 60.7 Å². The minimum atomic E-state index is -0.473. The molecular weight excluding hydrogens is 404 g/mol. The number of hydrogen-bond donors (Lipinski definition) is 0. The van der Waals surface area contributed by atoms with Gasteiger partial charge in [-0.25, -0.2) is 0 Å². The van der Waals surface area contributed by atoms with Crippen molar-refractivity contribution in [3.63, 3.8) is 0 Å². The van der Waals surface area contributed by atoms with Crippen LogP contribution in [0, 0.1) is 0 Å². The van der Waals surface area contributed by atoms with Crippen molar-refractivity contribution in [1.29, 1.82) is 0 Å². The van der Waals surface area contributed by atoms with Gasteiger partial charge in [-0.3, -0.25) is 28.3 Å². The summed E-state index contributed by atoms with van der Waals surface area (Å²) in [6.07, 6.45) is 0. The van der Waals surface area contributed by atoms with Crippen molar-refractivity contribution in [3.05, 3.63) is 125 Å². The van der Waals surface area contributed by atoms with Crippen molar-refractivity contribution in [2.45, 2.75) is 25.9 Å². The molecular formula is C26H20N2O4. The molecule has 6 heteroatoms. The van der Waals surface area contributed by atoms with Crippen molar-refractivity contribution < 1.29 is 0 Å². The lowest BCUT2D eigenvalue weighted by Crippen LogP contribution is -2.29. The summed E-state index contributed by atoms with van der Waals surface area (Å²) in [5, 5.41) is 0.637. The third-order valence-corrected chi connectivity index (χ3v) is 6.29. The van der Waals surface area contributed by atoms with E-state index in [1.807, 2.05) is 60.7 Å². The fraction of sp³-hybridized carbons (Fsp3) is 0.154. The number of hydrogen-bond acceptors (Lipinski definition) is 4. The highest BCUT2D eigenvalue weighted by molar-refractivity contribution is 5.97. The van der Waals surface area contributed by atoms with Crippen LogP contribution in [0.4, 0.5) is 0 Å². The van der Waals surface area contributed by atoms with Crippen LogP contribution in [0.2, 0.25) is 0 Å². The first-order valence-corrected chi connectivity index (χ1v) is 10.4. The summed E-state index contributed by atoms with van der Waals surface area (Å²) < 4.78 is 2.38. The summed E-state index contributed by atoms with van der Waals surface area (Å²) in [6.45, 7) is 3.56. The van der Waals surface area contributed by atoms with Gasteiger partial charge in [-0.05, 0) is 37.1 Å². The van der Waals surface area contributed by atoms with Gasteiger partial charge >= 0.3 is 0 Å². The standard InChI is InChI=1S/C26H20N2O4/c1-15(17-9-5-3-6-10-17)27-23(29)19-13-21-22(14-20(19)24(27)30)26(32)28(25(21)31)16(2)18-11-7-4-8-12-18/h3-16H,1-2H3. The van der Waals surface area contributed by atoms with E-state index >= 15 is 0 Å². The lowest BCUT2D eigenvalue weighted by atomic mass is 10.1. The molecule has 0 aliphatic rings. The molecule has 5 rings (SSSR count). The van der Waals surface area contributed by atoms with E-state index in [1.165, 1.54) is 21.3 Å². The third-order valence-electron chi connectivity index (χ3n) is 6.29. The molecule has 5 aromatic rings. The van der Waals surface area contributed by atoms with Crippen molar-refractivity contribution in [2.75, 3.05) is 0 Å². The number of aromatic nitrogens is 2.